The van der Waals surface area contributed by atoms with Gasteiger partial charge in [-0.15, -0.1) is 0 Å². The molecule has 0 unspecified atom stereocenters. The zero-order valence-corrected chi connectivity index (χ0v) is 8.47. The highest BCUT2D eigenvalue weighted by Gasteiger charge is 2.29. The van der Waals surface area contributed by atoms with Gasteiger partial charge in [0, 0.05) is 12.5 Å². The summed E-state index contributed by atoms with van der Waals surface area (Å²) >= 11 is 0. The SMILES string of the molecule is O=C(CCC(=O)OCC(F)(F)F)NC1CC1. The van der Waals surface area contributed by atoms with Gasteiger partial charge >= 0.3 is 12.1 Å². The molecule has 1 fully saturated rings. The van der Waals surface area contributed by atoms with Crippen molar-refractivity contribution in [1.82, 2.24) is 5.32 Å². The van der Waals surface area contributed by atoms with Gasteiger partial charge in [0.15, 0.2) is 6.61 Å². The second kappa shape index (κ2) is 5.18. The molecule has 0 aromatic carbocycles. The fourth-order valence-electron chi connectivity index (χ4n) is 0.978. The first kappa shape index (κ1) is 12.8. The van der Waals surface area contributed by atoms with Crippen LogP contribution in [0.25, 0.3) is 0 Å². The average molecular weight is 239 g/mol. The minimum atomic E-state index is -4.52. The van der Waals surface area contributed by atoms with Crippen molar-refractivity contribution in [3.8, 4) is 0 Å². The third-order valence-corrected chi connectivity index (χ3v) is 1.90. The number of halogens is 3. The van der Waals surface area contributed by atoms with Crippen LogP contribution in [-0.2, 0) is 14.3 Å². The van der Waals surface area contributed by atoms with Crippen molar-refractivity contribution < 1.29 is 27.5 Å². The van der Waals surface area contributed by atoms with E-state index in [0.29, 0.717) is 0 Å². The Kier molecular flexibility index (Phi) is 4.14. The van der Waals surface area contributed by atoms with Gasteiger partial charge in [-0.05, 0) is 12.8 Å². The molecule has 0 atom stereocenters. The second-order valence-corrected chi connectivity index (χ2v) is 3.62. The molecule has 7 heteroatoms. The molecule has 0 bridgehead atoms. The van der Waals surface area contributed by atoms with Crippen molar-refractivity contribution in [2.24, 2.45) is 0 Å². The molecule has 1 aliphatic rings. The van der Waals surface area contributed by atoms with Gasteiger partial charge in [0.1, 0.15) is 0 Å². The lowest BCUT2D eigenvalue weighted by atomic mass is 10.3. The zero-order chi connectivity index (χ0) is 12.2. The molecule has 16 heavy (non-hydrogen) atoms. The quantitative estimate of drug-likeness (QED) is 0.732. The Morgan fingerprint density at radius 1 is 1.25 bits per heavy atom. The molecule has 0 spiro atoms. The Balaban J connectivity index is 2.07. The summed E-state index contributed by atoms with van der Waals surface area (Å²) in [5.74, 6) is -1.34. The highest BCUT2D eigenvalue weighted by Crippen LogP contribution is 2.19. The van der Waals surface area contributed by atoms with E-state index in [-0.39, 0.29) is 24.8 Å². The number of ether oxygens (including phenoxy) is 1. The molecule has 1 rings (SSSR count). The van der Waals surface area contributed by atoms with Crippen molar-refractivity contribution in [3.05, 3.63) is 0 Å². The Hall–Kier alpha value is -1.27. The standard InChI is InChI=1S/C9H12F3NO3/c10-9(11,12)5-16-8(15)4-3-7(14)13-6-1-2-6/h6H,1-5H2,(H,13,14). The van der Waals surface area contributed by atoms with Crippen LogP contribution >= 0.6 is 0 Å². The summed E-state index contributed by atoms with van der Waals surface area (Å²) in [6.45, 7) is -1.60. The molecule has 0 heterocycles. The summed E-state index contributed by atoms with van der Waals surface area (Å²) < 4.78 is 38.8. The minimum Gasteiger partial charge on any atom is -0.456 e. The number of hydrogen-bond donors (Lipinski definition) is 1. The second-order valence-electron chi connectivity index (χ2n) is 3.62. The molecule has 0 aromatic heterocycles. The summed E-state index contributed by atoms with van der Waals surface area (Å²) in [5, 5.41) is 2.61. The van der Waals surface area contributed by atoms with Gasteiger partial charge in [-0.25, -0.2) is 0 Å². The van der Waals surface area contributed by atoms with Crippen molar-refractivity contribution >= 4 is 11.9 Å². The Labute approximate surface area is 90.1 Å². The molecule has 1 saturated carbocycles. The number of hydrogen-bond acceptors (Lipinski definition) is 3. The van der Waals surface area contributed by atoms with Gasteiger partial charge in [-0.3, -0.25) is 9.59 Å². The van der Waals surface area contributed by atoms with Crippen molar-refractivity contribution in [2.45, 2.75) is 37.9 Å². The Morgan fingerprint density at radius 2 is 1.88 bits per heavy atom. The van der Waals surface area contributed by atoms with Crippen LogP contribution in [0.3, 0.4) is 0 Å². The van der Waals surface area contributed by atoms with Gasteiger partial charge in [-0.1, -0.05) is 0 Å². The van der Waals surface area contributed by atoms with E-state index in [4.69, 9.17) is 0 Å². The maximum atomic E-state index is 11.6. The average Bonchev–Trinajstić information content (AvgIpc) is 2.94. The number of amides is 1. The Morgan fingerprint density at radius 3 is 2.38 bits per heavy atom. The van der Waals surface area contributed by atoms with Crippen molar-refractivity contribution in [1.29, 1.82) is 0 Å². The van der Waals surface area contributed by atoms with E-state index in [2.05, 4.69) is 10.1 Å². The number of carbonyl (C=O) groups excluding carboxylic acids is 2. The molecule has 4 nitrogen and oxygen atoms in total. The van der Waals surface area contributed by atoms with E-state index in [1.54, 1.807) is 0 Å². The number of rotatable bonds is 5. The van der Waals surface area contributed by atoms with E-state index in [1.165, 1.54) is 0 Å². The van der Waals surface area contributed by atoms with E-state index in [1.807, 2.05) is 0 Å². The zero-order valence-electron chi connectivity index (χ0n) is 8.47. The number of carbonyl (C=O) groups is 2. The maximum absolute atomic E-state index is 11.6. The Bertz CT molecular complexity index is 274. The van der Waals surface area contributed by atoms with Crippen LogP contribution in [0.2, 0.25) is 0 Å². The summed E-state index contributed by atoms with van der Waals surface area (Å²) in [4.78, 5) is 21.9. The van der Waals surface area contributed by atoms with Crippen molar-refractivity contribution in [3.63, 3.8) is 0 Å². The first-order valence-electron chi connectivity index (χ1n) is 4.88. The number of alkyl halides is 3. The summed E-state index contributed by atoms with van der Waals surface area (Å²) in [6, 6.07) is 0.179. The first-order chi connectivity index (χ1) is 7.37. The van der Waals surface area contributed by atoms with E-state index in [9.17, 15) is 22.8 Å². The lowest BCUT2D eigenvalue weighted by molar-refractivity contribution is -0.186. The molecule has 92 valence electrons. The highest BCUT2D eigenvalue weighted by atomic mass is 19.4. The first-order valence-corrected chi connectivity index (χ1v) is 4.88. The van der Waals surface area contributed by atoms with Gasteiger partial charge in [0.25, 0.3) is 0 Å². The summed E-state index contributed by atoms with van der Waals surface area (Å²) in [6.07, 6.45) is -3.14. The van der Waals surface area contributed by atoms with Crippen molar-refractivity contribution in [2.75, 3.05) is 6.61 Å². The lowest BCUT2D eigenvalue weighted by Gasteiger charge is -2.07. The number of nitrogens with one attached hydrogen (secondary N) is 1. The highest BCUT2D eigenvalue weighted by molar-refractivity contribution is 5.81. The fraction of sp³-hybridized carbons (Fsp3) is 0.778. The van der Waals surface area contributed by atoms with Crippen LogP contribution < -0.4 is 5.32 Å². The van der Waals surface area contributed by atoms with Gasteiger partial charge in [0.05, 0.1) is 6.42 Å². The monoisotopic (exact) mass is 239 g/mol. The van der Waals surface area contributed by atoms with E-state index >= 15 is 0 Å². The van der Waals surface area contributed by atoms with Gasteiger partial charge < -0.3 is 10.1 Å². The number of esters is 1. The maximum Gasteiger partial charge on any atom is 0.422 e. The van der Waals surface area contributed by atoms with Crippen LogP contribution in [-0.4, -0.2) is 30.7 Å². The fourth-order valence-corrected chi connectivity index (χ4v) is 0.978. The largest absolute Gasteiger partial charge is 0.456 e. The molecular weight excluding hydrogens is 227 g/mol. The normalized spacial score (nSPS) is 15.7. The molecule has 0 aromatic rings. The topological polar surface area (TPSA) is 55.4 Å². The summed E-state index contributed by atoms with van der Waals surface area (Å²) in [7, 11) is 0. The van der Waals surface area contributed by atoms with Crippen LogP contribution in [0.1, 0.15) is 25.7 Å². The molecule has 1 N–H and O–H groups in total. The van der Waals surface area contributed by atoms with E-state index < -0.39 is 18.8 Å². The molecule has 0 aliphatic heterocycles. The molecule has 1 aliphatic carbocycles. The van der Waals surface area contributed by atoms with Crippen LogP contribution in [0, 0.1) is 0 Å². The third-order valence-electron chi connectivity index (χ3n) is 1.90. The van der Waals surface area contributed by atoms with Crippen LogP contribution in [0.4, 0.5) is 13.2 Å². The molecular formula is C9H12F3NO3. The predicted molar refractivity (Wildman–Crippen MR) is 47.4 cm³/mol. The van der Waals surface area contributed by atoms with Crippen LogP contribution in [0.15, 0.2) is 0 Å². The third kappa shape index (κ3) is 6.26. The summed E-state index contributed by atoms with van der Waals surface area (Å²) in [5.41, 5.74) is 0. The molecule has 1 amide bonds. The van der Waals surface area contributed by atoms with E-state index in [0.717, 1.165) is 12.8 Å². The minimum absolute atomic E-state index is 0.132. The molecule has 0 radical (unpaired) electrons. The lowest BCUT2D eigenvalue weighted by Crippen LogP contribution is -2.26. The van der Waals surface area contributed by atoms with Gasteiger partial charge in [-0.2, -0.15) is 13.2 Å². The molecule has 0 saturated heterocycles. The predicted octanol–water partition coefficient (Wildman–Crippen LogP) is 1.15. The van der Waals surface area contributed by atoms with Gasteiger partial charge in [0.2, 0.25) is 5.91 Å². The van der Waals surface area contributed by atoms with Crippen LogP contribution in [0.5, 0.6) is 0 Å². The smallest absolute Gasteiger partial charge is 0.422 e.